The summed E-state index contributed by atoms with van der Waals surface area (Å²) in [4.78, 5) is 25.4. The van der Waals surface area contributed by atoms with Gasteiger partial charge in [0, 0.05) is 20.1 Å². The van der Waals surface area contributed by atoms with Crippen LogP contribution in [0.4, 0.5) is 10.7 Å². The van der Waals surface area contributed by atoms with Crippen molar-refractivity contribution in [2.45, 2.75) is 18.9 Å². The standard InChI is InChI=1S/C12H18N4O3S/c1-12(19)3-4-16(5-12)11-6(10(18)15-2)7(13)8(20-11)9(14)17/h19H,3-5,13H2,1-2H3,(H2,14,17)(H,15,18). The molecule has 1 aromatic rings. The number of rotatable bonds is 3. The highest BCUT2D eigenvalue weighted by Gasteiger charge is 2.35. The average molecular weight is 298 g/mol. The van der Waals surface area contributed by atoms with Crippen LogP contribution < -0.4 is 21.7 Å². The third kappa shape index (κ3) is 2.44. The molecule has 20 heavy (non-hydrogen) atoms. The first-order valence-electron chi connectivity index (χ1n) is 6.18. The molecular weight excluding hydrogens is 280 g/mol. The van der Waals surface area contributed by atoms with Crippen molar-refractivity contribution in [2.75, 3.05) is 30.8 Å². The van der Waals surface area contributed by atoms with Crippen LogP contribution in [0, 0.1) is 0 Å². The molecule has 0 saturated carbocycles. The van der Waals surface area contributed by atoms with Crippen LogP contribution in [0.2, 0.25) is 0 Å². The molecule has 8 heteroatoms. The first-order valence-corrected chi connectivity index (χ1v) is 7.00. The molecule has 6 N–H and O–H groups in total. The minimum Gasteiger partial charge on any atom is -0.397 e. The molecule has 1 aromatic heterocycles. The summed E-state index contributed by atoms with van der Waals surface area (Å²) >= 11 is 1.09. The number of carbonyl (C=O) groups is 2. The summed E-state index contributed by atoms with van der Waals surface area (Å²) in [5, 5.41) is 13.1. The Balaban J connectivity index is 2.49. The molecule has 1 fully saturated rings. The van der Waals surface area contributed by atoms with Gasteiger partial charge in [0.2, 0.25) is 0 Å². The molecule has 0 spiro atoms. The molecule has 1 aliphatic rings. The fourth-order valence-corrected chi connectivity index (χ4v) is 3.40. The van der Waals surface area contributed by atoms with Crippen LogP contribution in [0.1, 0.15) is 33.4 Å². The van der Waals surface area contributed by atoms with Gasteiger partial charge < -0.3 is 26.8 Å². The third-order valence-corrected chi connectivity index (χ3v) is 4.62. The molecule has 2 heterocycles. The maximum atomic E-state index is 12.0. The average Bonchev–Trinajstić information content (AvgIpc) is 2.88. The van der Waals surface area contributed by atoms with Gasteiger partial charge in [-0.3, -0.25) is 9.59 Å². The van der Waals surface area contributed by atoms with Gasteiger partial charge in [-0.05, 0) is 13.3 Å². The lowest BCUT2D eigenvalue weighted by atomic mass is 10.1. The minimum absolute atomic E-state index is 0.100. The Bertz CT molecular complexity index is 567. The van der Waals surface area contributed by atoms with Crippen molar-refractivity contribution in [2.24, 2.45) is 5.73 Å². The molecule has 0 aliphatic carbocycles. The predicted molar refractivity (Wildman–Crippen MR) is 78.1 cm³/mol. The number of carbonyl (C=O) groups excluding carboxylic acids is 2. The largest absolute Gasteiger partial charge is 0.397 e. The van der Waals surface area contributed by atoms with Gasteiger partial charge in [-0.2, -0.15) is 0 Å². The van der Waals surface area contributed by atoms with Crippen molar-refractivity contribution >= 4 is 33.8 Å². The number of nitrogens with zero attached hydrogens (tertiary/aromatic N) is 1. The van der Waals surface area contributed by atoms with Crippen molar-refractivity contribution in [1.29, 1.82) is 0 Å². The lowest BCUT2D eigenvalue weighted by Gasteiger charge is -2.20. The summed E-state index contributed by atoms with van der Waals surface area (Å²) in [6, 6.07) is 0. The highest BCUT2D eigenvalue weighted by Crippen LogP contribution is 2.40. The van der Waals surface area contributed by atoms with Crippen LogP contribution in [0.3, 0.4) is 0 Å². The Morgan fingerprint density at radius 3 is 2.60 bits per heavy atom. The van der Waals surface area contributed by atoms with Crippen molar-refractivity contribution in [3.63, 3.8) is 0 Å². The van der Waals surface area contributed by atoms with Crippen molar-refractivity contribution in [1.82, 2.24) is 5.32 Å². The minimum atomic E-state index is -0.814. The molecule has 1 atom stereocenters. The Morgan fingerprint density at radius 2 is 2.15 bits per heavy atom. The van der Waals surface area contributed by atoms with Gasteiger partial charge >= 0.3 is 0 Å². The van der Waals surface area contributed by atoms with Gasteiger partial charge in [0.05, 0.1) is 16.9 Å². The zero-order chi connectivity index (χ0) is 15.1. The second kappa shape index (κ2) is 4.95. The van der Waals surface area contributed by atoms with E-state index in [1.54, 1.807) is 6.92 Å². The van der Waals surface area contributed by atoms with E-state index in [-0.39, 0.29) is 22.0 Å². The monoisotopic (exact) mass is 298 g/mol. The number of nitrogen functional groups attached to an aromatic ring is 1. The smallest absolute Gasteiger partial charge is 0.260 e. The van der Waals surface area contributed by atoms with E-state index in [2.05, 4.69) is 5.32 Å². The maximum Gasteiger partial charge on any atom is 0.260 e. The number of hydrogen-bond acceptors (Lipinski definition) is 6. The molecule has 1 unspecified atom stereocenters. The maximum absolute atomic E-state index is 12.0. The van der Waals surface area contributed by atoms with E-state index < -0.39 is 11.5 Å². The molecule has 2 amide bonds. The molecule has 110 valence electrons. The Hall–Kier alpha value is -1.80. The fourth-order valence-electron chi connectivity index (χ4n) is 2.30. The molecule has 0 radical (unpaired) electrons. The van der Waals surface area contributed by atoms with E-state index in [9.17, 15) is 14.7 Å². The summed E-state index contributed by atoms with van der Waals surface area (Å²) in [6.07, 6.45) is 0.587. The number of amides is 2. The second-order valence-corrected chi connectivity index (χ2v) is 6.14. The van der Waals surface area contributed by atoms with E-state index in [4.69, 9.17) is 11.5 Å². The highest BCUT2D eigenvalue weighted by molar-refractivity contribution is 7.19. The molecule has 0 bridgehead atoms. The van der Waals surface area contributed by atoms with Gasteiger partial charge in [-0.15, -0.1) is 11.3 Å². The van der Waals surface area contributed by atoms with E-state index in [1.807, 2.05) is 4.90 Å². The van der Waals surface area contributed by atoms with E-state index in [0.29, 0.717) is 24.5 Å². The first kappa shape index (κ1) is 14.6. The van der Waals surface area contributed by atoms with Crippen LogP contribution in [0.25, 0.3) is 0 Å². The molecule has 0 aromatic carbocycles. The number of nitrogens with one attached hydrogen (secondary N) is 1. The topological polar surface area (TPSA) is 122 Å². The van der Waals surface area contributed by atoms with Gasteiger partial charge in [-0.1, -0.05) is 0 Å². The van der Waals surface area contributed by atoms with Crippen LogP contribution >= 0.6 is 11.3 Å². The van der Waals surface area contributed by atoms with Gasteiger partial charge in [0.1, 0.15) is 9.88 Å². The molecule has 7 nitrogen and oxygen atoms in total. The van der Waals surface area contributed by atoms with Crippen molar-refractivity contribution in [3.8, 4) is 0 Å². The molecule has 1 aliphatic heterocycles. The Morgan fingerprint density at radius 1 is 1.50 bits per heavy atom. The number of nitrogens with two attached hydrogens (primary N) is 2. The fraction of sp³-hybridized carbons (Fsp3) is 0.500. The predicted octanol–water partition coefficient (Wildman–Crippen LogP) is -0.250. The molecule has 1 saturated heterocycles. The summed E-state index contributed by atoms with van der Waals surface area (Å²) in [5.74, 6) is -1.03. The third-order valence-electron chi connectivity index (χ3n) is 3.34. The number of hydrogen-bond donors (Lipinski definition) is 4. The quantitative estimate of drug-likeness (QED) is 0.613. The first-order chi connectivity index (χ1) is 9.26. The van der Waals surface area contributed by atoms with Crippen LogP contribution in [0.5, 0.6) is 0 Å². The molecule has 2 rings (SSSR count). The number of primary amides is 1. The van der Waals surface area contributed by atoms with E-state index in [1.165, 1.54) is 7.05 Å². The van der Waals surface area contributed by atoms with E-state index >= 15 is 0 Å². The van der Waals surface area contributed by atoms with Crippen LogP contribution in [-0.2, 0) is 0 Å². The zero-order valence-electron chi connectivity index (χ0n) is 11.4. The summed E-state index contributed by atoms with van der Waals surface area (Å²) in [5.41, 5.74) is 10.7. The van der Waals surface area contributed by atoms with Crippen molar-refractivity contribution < 1.29 is 14.7 Å². The van der Waals surface area contributed by atoms with Gasteiger partial charge in [0.15, 0.2) is 0 Å². The highest BCUT2D eigenvalue weighted by atomic mass is 32.1. The second-order valence-electron chi connectivity index (χ2n) is 5.14. The summed E-state index contributed by atoms with van der Waals surface area (Å²) in [6.45, 7) is 2.71. The number of anilines is 2. The lowest BCUT2D eigenvalue weighted by molar-refractivity contribution is 0.0838. The normalized spacial score (nSPS) is 22.1. The Kier molecular flexibility index (Phi) is 3.61. The number of β-amino-alcohol motifs (C(OH)–C–C–N with tert-alkyl or cyclic N) is 1. The number of aliphatic hydroxyl groups is 1. The van der Waals surface area contributed by atoms with Crippen LogP contribution in [0.15, 0.2) is 0 Å². The van der Waals surface area contributed by atoms with Crippen molar-refractivity contribution in [3.05, 3.63) is 10.4 Å². The lowest BCUT2D eigenvalue weighted by Crippen LogP contribution is -2.30. The van der Waals surface area contributed by atoms with Gasteiger partial charge in [-0.25, -0.2) is 0 Å². The SMILES string of the molecule is CNC(=O)c1c(N2CCC(C)(O)C2)sc(C(N)=O)c1N. The van der Waals surface area contributed by atoms with Crippen LogP contribution in [-0.4, -0.2) is 42.7 Å². The Labute approximate surface area is 120 Å². The molecular formula is C12H18N4O3S. The number of thiophene rings is 1. The summed E-state index contributed by atoms with van der Waals surface area (Å²) in [7, 11) is 1.49. The summed E-state index contributed by atoms with van der Waals surface area (Å²) < 4.78 is 0. The van der Waals surface area contributed by atoms with E-state index in [0.717, 1.165) is 11.3 Å². The van der Waals surface area contributed by atoms with Gasteiger partial charge in [0.25, 0.3) is 11.8 Å². The zero-order valence-corrected chi connectivity index (χ0v) is 12.2.